The minimum absolute atomic E-state index is 0.0343. The SMILES string of the molecule is O=C1NCCCC[C@H]1NC(=O)[C@@]12CCC(=O)N1c1ccccc1S2. The summed E-state index contributed by atoms with van der Waals surface area (Å²) < 4.78 is 0. The van der Waals surface area contributed by atoms with Crippen LogP contribution in [0.5, 0.6) is 0 Å². The van der Waals surface area contributed by atoms with Crippen LogP contribution in [0.3, 0.4) is 0 Å². The molecule has 4 rings (SSSR count). The van der Waals surface area contributed by atoms with E-state index >= 15 is 0 Å². The Labute approximate surface area is 144 Å². The number of hydrogen-bond acceptors (Lipinski definition) is 4. The van der Waals surface area contributed by atoms with Gasteiger partial charge < -0.3 is 10.6 Å². The molecule has 1 aromatic rings. The first kappa shape index (κ1) is 15.5. The minimum atomic E-state index is -0.951. The van der Waals surface area contributed by atoms with Crippen molar-refractivity contribution >= 4 is 35.2 Å². The van der Waals surface area contributed by atoms with E-state index in [0.717, 1.165) is 23.4 Å². The van der Waals surface area contributed by atoms with E-state index in [1.54, 1.807) is 4.90 Å². The highest BCUT2D eigenvalue weighted by atomic mass is 32.2. The van der Waals surface area contributed by atoms with Gasteiger partial charge in [-0.05, 0) is 37.8 Å². The number of carbonyl (C=O) groups excluding carboxylic acids is 3. The van der Waals surface area contributed by atoms with Crippen molar-refractivity contribution in [1.82, 2.24) is 10.6 Å². The fourth-order valence-electron chi connectivity index (χ4n) is 3.65. The smallest absolute Gasteiger partial charge is 0.257 e. The Morgan fingerprint density at radius 3 is 3.00 bits per heavy atom. The Hall–Kier alpha value is -2.02. The molecule has 24 heavy (non-hydrogen) atoms. The van der Waals surface area contributed by atoms with Gasteiger partial charge >= 0.3 is 0 Å². The van der Waals surface area contributed by atoms with Gasteiger partial charge in [0, 0.05) is 17.9 Å². The number of nitrogens with zero attached hydrogens (tertiary/aromatic N) is 1. The molecule has 2 N–H and O–H groups in total. The Balaban J connectivity index is 1.62. The van der Waals surface area contributed by atoms with Gasteiger partial charge in [-0.25, -0.2) is 0 Å². The summed E-state index contributed by atoms with van der Waals surface area (Å²) in [6, 6.07) is 7.06. The lowest BCUT2D eigenvalue weighted by Crippen LogP contribution is -2.57. The second-order valence-corrected chi connectivity index (χ2v) is 7.72. The highest BCUT2D eigenvalue weighted by molar-refractivity contribution is 8.02. The third-order valence-electron chi connectivity index (χ3n) is 4.87. The minimum Gasteiger partial charge on any atom is -0.354 e. The lowest BCUT2D eigenvalue weighted by molar-refractivity contribution is -0.130. The van der Waals surface area contributed by atoms with Gasteiger partial charge in [0.1, 0.15) is 6.04 Å². The van der Waals surface area contributed by atoms with Gasteiger partial charge in [0.2, 0.25) is 11.8 Å². The summed E-state index contributed by atoms with van der Waals surface area (Å²) in [6.07, 6.45) is 3.27. The maximum Gasteiger partial charge on any atom is 0.257 e. The molecule has 0 unspecified atom stereocenters. The predicted molar refractivity (Wildman–Crippen MR) is 90.5 cm³/mol. The molecule has 2 fully saturated rings. The molecule has 6 nitrogen and oxygen atoms in total. The third-order valence-corrected chi connectivity index (χ3v) is 6.34. The normalized spacial score (nSPS) is 28.8. The van der Waals surface area contributed by atoms with Crippen LogP contribution in [-0.4, -0.2) is 35.2 Å². The molecule has 7 heteroatoms. The standard InChI is InChI=1S/C17H19N3O3S/c21-14-8-9-17(20(14)12-6-1-2-7-13(12)24-17)16(23)19-11-5-3-4-10-18-15(11)22/h1-2,6-7,11H,3-5,8-10H2,(H,18,22)(H,19,23)/t11-,17+/m1/s1. The second-order valence-electron chi connectivity index (χ2n) is 6.40. The first-order chi connectivity index (χ1) is 11.6. The van der Waals surface area contributed by atoms with Crippen LogP contribution >= 0.6 is 11.8 Å². The van der Waals surface area contributed by atoms with Crippen molar-refractivity contribution in [3.05, 3.63) is 24.3 Å². The molecule has 0 bridgehead atoms. The summed E-state index contributed by atoms with van der Waals surface area (Å²) in [5.41, 5.74) is 0.797. The molecule has 0 radical (unpaired) electrons. The summed E-state index contributed by atoms with van der Waals surface area (Å²) in [7, 11) is 0. The summed E-state index contributed by atoms with van der Waals surface area (Å²) in [4.78, 5) is 39.2. The quantitative estimate of drug-likeness (QED) is 0.849. The van der Waals surface area contributed by atoms with E-state index in [9.17, 15) is 14.4 Å². The van der Waals surface area contributed by atoms with E-state index in [-0.39, 0.29) is 17.7 Å². The third kappa shape index (κ3) is 2.30. The number of nitrogens with one attached hydrogen (secondary N) is 2. The van der Waals surface area contributed by atoms with Crippen LogP contribution in [0.15, 0.2) is 29.2 Å². The van der Waals surface area contributed by atoms with Gasteiger partial charge in [0.25, 0.3) is 5.91 Å². The molecule has 3 aliphatic rings. The van der Waals surface area contributed by atoms with Crippen LogP contribution in [0.1, 0.15) is 32.1 Å². The Bertz CT molecular complexity index is 723. The van der Waals surface area contributed by atoms with Crippen molar-refractivity contribution in [3.63, 3.8) is 0 Å². The number of para-hydroxylation sites is 1. The molecule has 3 aliphatic heterocycles. The first-order valence-electron chi connectivity index (χ1n) is 8.32. The molecule has 3 heterocycles. The summed E-state index contributed by atoms with van der Waals surface area (Å²) in [5, 5.41) is 5.74. The van der Waals surface area contributed by atoms with Gasteiger partial charge in [-0.3, -0.25) is 19.3 Å². The van der Waals surface area contributed by atoms with Crippen molar-refractivity contribution in [2.75, 3.05) is 11.4 Å². The Morgan fingerprint density at radius 1 is 1.29 bits per heavy atom. The van der Waals surface area contributed by atoms with Gasteiger partial charge in [-0.15, -0.1) is 0 Å². The molecule has 0 saturated carbocycles. The molecule has 0 aliphatic carbocycles. The van der Waals surface area contributed by atoms with Crippen LogP contribution < -0.4 is 15.5 Å². The average Bonchev–Trinajstić information content (AvgIpc) is 3.01. The molecule has 2 atom stereocenters. The fourth-order valence-corrected chi connectivity index (χ4v) is 5.07. The van der Waals surface area contributed by atoms with Crippen LogP contribution in [0.2, 0.25) is 0 Å². The number of carbonyl (C=O) groups is 3. The van der Waals surface area contributed by atoms with E-state index < -0.39 is 10.9 Å². The summed E-state index contributed by atoms with van der Waals surface area (Å²) in [5.74, 6) is -0.404. The lowest BCUT2D eigenvalue weighted by atomic mass is 10.1. The zero-order chi connectivity index (χ0) is 16.7. The van der Waals surface area contributed by atoms with Crippen LogP contribution in [0, 0.1) is 0 Å². The van der Waals surface area contributed by atoms with Crippen LogP contribution in [-0.2, 0) is 14.4 Å². The molecule has 0 aromatic heterocycles. The zero-order valence-electron chi connectivity index (χ0n) is 13.2. The number of benzene rings is 1. The average molecular weight is 345 g/mol. The number of anilines is 1. The molecular weight excluding hydrogens is 326 g/mol. The monoisotopic (exact) mass is 345 g/mol. The van der Waals surface area contributed by atoms with Crippen LogP contribution in [0.25, 0.3) is 0 Å². The van der Waals surface area contributed by atoms with Crippen molar-refractivity contribution in [2.24, 2.45) is 0 Å². The van der Waals surface area contributed by atoms with E-state index in [4.69, 9.17) is 0 Å². The Kier molecular flexibility index (Phi) is 3.75. The molecule has 0 spiro atoms. The van der Waals surface area contributed by atoms with E-state index in [1.807, 2.05) is 24.3 Å². The van der Waals surface area contributed by atoms with Crippen molar-refractivity contribution in [1.29, 1.82) is 0 Å². The maximum atomic E-state index is 13.1. The second kappa shape index (κ2) is 5.81. The van der Waals surface area contributed by atoms with Crippen molar-refractivity contribution < 1.29 is 14.4 Å². The summed E-state index contributed by atoms with van der Waals surface area (Å²) >= 11 is 1.42. The first-order valence-corrected chi connectivity index (χ1v) is 9.13. The zero-order valence-corrected chi connectivity index (χ0v) is 14.0. The van der Waals surface area contributed by atoms with E-state index in [0.29, 0.717) is 25.8 Å². The lowest BCUT2D eigenvalue weighted by Gasteiger charge is -2.31. The van der Waals surface area contributed by atoms with Gasteiger partial charge in [-0.2, -0.15) is 0 Å². The molecule has 126 valence electrons. The fraction of sp³-hybridized carbons (Fsp3) is 0.471. The van der Waals surface area contributed by atoms with Gasteiger partial charge in [0.05, 0.1) is 5.69 Å². The molecule has 1 aromatic carbocycles. The predicted octanol–water partition coefficient (Wildman–Crippen LogP) is 1.40. The van der Waals surface area contributed by atoms with E-state index in [2.05, 4.69) is 10.6 Å². The maximum absolute atomic E-state index is 13.1. The van der Waals surface area contributed by atoms with Crippen LogP contribution in [0.4, 0.5) is 5.69 Å². The topological polar surface area (TPSA) is 78.5 Å². The van der Waals surface area contributed by atoms with E-state index in [1.165, 1.54) is 11.8 Å². The molecule has 3 amide bonds. The van der Waals surface area contributed by atoms with Gasteiger partial charge in [0.15, 0.2) is 4.87 Å². The number of thioether (sulfide) groups is 1. The number of hydrogen-bond donors (Lipinski definition) is 2. The molecular formula is C17H19N3O3S. The molecule has 2 saturated heterocycles. The summed E-state index contributed by atoms with van der Waals surface area (Å²) in [6.45, 7) is 0.654. The number of fused-ring (bicyclic) bond motifs is 3. The number of amides is 3. The highest BCUT2D eigenvalue weighted by Gasteiger charge is 2.57. The Morgan fingerprint density at radius 2 is 2.12 bits per heavy atom. The number of rotatable bonds is 2. The van der Waals surface area contributed by atoms with Crippen molar-refractivity contribution in [3.8, 4) is 0 Å². The van der Waals surface area contributed by atoms with Crippen molar-refractivity contribution in [2.45, 2.75) is 47.9 Å². The highest BCUT2D eigenvalue weighted by Crippen LogP contribution is 2.55. The van der Waals surface area contributed by atoms with Gasteiger partial charge in [-0.1, -0.05) is 23.9 Å². The largest absolute Gasteiger partial charge is 0.354 e.